The van der Waals surface area contributed by atoms with Crippen molar-refractivity contribution in [2.24, 2.45) is 17.3 Å². The molecule has 0 fully saturated rings. The van der Waals surface area contributed by atoms with Crippen molar-refractivity contribution in [2.75, 3.05) is 10.6 Å². The van der Waals surface area contributed by atoms with Crippen molar-refractivity contribution in [1.29, 1.82) is 0 Å². The topological polar surface area (TPSA) is 120 Å². The minimum atomic E-state index is -0.195. The van der Waals surface area contributed by atoms with E-state index in [-0.39, 0.29) is 23.4 Å². The van der Waals surface area contributed by atoms with E-state index in [0.717, 1.165) is 85.5 Å². The molecule has 4 aromatic heterocycles. The maximum Gasteiger partial charge on any atom is 0.331 e. The molecule has 0 saturated carbocycles. The average molecular weight is 577 g/mol. The fourth-order valence-corrected chi connectivity index (χ4v) is 8.25. The molecule has 0 radical (unpaired) electrons. The predicted molar refractivity (Wildman–Crippen MR) is 161 cm³/mol. The number of carbonyl (C=O) groups excluding carboxylic acids is 2. The quantitative estimate of drug-likeness (QED) is 0.340. The molecule has 0 saturated heterocycles. The third-order valence-electron chi connectivity index (χ3n) is 10.2. The lowest BCUT2D eigenvalue weighted by Crippen LogP contribution is -2.22. The van der Waals surface area contributed by atoms with E-state index in [1.807, 2.05) is 0 Å². The number of carbonyl (C=O) groups is 2. The van der Waals surface area contributed by atoms with Gasteiger partial charge in [-0.3, -0.25) is 19.1 Å². The van der Waals surface area contributed by atoms with E-state index >= 15 is 0 Å². The molecule has 0 aromatic carbocycles. The summed E-state index contributed by atoms with van der Waals surface area (Å²) in [6.45, 7) is 6.84. The Morgan fingerprint density at radius 3 is 2.19 bits per heavy atom. The van der Waals surface area contributed by atoms with Crippen molar-refractivity contribution in [1.82, 2.24) is 29.1 Å². The van der Waals surface area contributed by atoms with Crippen molar-refractivity contribution < 1.29 is 9.59 Å². The first kappa shape index (κ1) is 26.3. The normalized spacial score (nSPS) is 22.6. The third-order valence-corrected chi connectivity index (χ3v) is 10.2. The molecule has 10 heteroatoms. The smallest absolute Gasteiger partial charge is 0.307 e. The van der Waals surface area contributed by atoms with Crippen LogP contribution in [0.4, 0.5) is 21.0 Å². The second-order valence-corrected chi connectivity index (χ2v) is 13.6. The van der Waals surface area contributed by atoms with Gasteiger partial charge in [-0.1, -0.05) is 20.8 Å². The SMILES string of the molecule is CC1c2c(nc3c(c2NC(=O)n2ccnc2)CCC3)CC1C1Cc2nc3c(c(NC(=O)n4ccnc4)c2C1)CC(C)(C)C3. The van der Waals surface area contributed by atoms with Gasteiger partial charge in [0.2, 0.25) is 0 Å². The van der Waals surface area contributed by atoms with Gasteiger partial charge in [0.25, 0.3) is 0 Å². The molecule has 2 N–H and O–H groups in total. The van der Waals surface area contributed by atoms with Crippen molar-refractivity contribution in [3.05, 3.63) is 82.5 Å². The van der Waals surface area contributed by atoms with Crippen molar-refractivity contribution in [3.63, 3.8) is 0 Å². The molecule has 4 aromatic rings. The number of amides is 2. The summed E-state index contributed by atoms with van der Waals surface area (Å²) < 4.78 is 2.98. The molecule has 3 unspecified atom stereocenters. The van der Waals surface area contributed by atoms with Gasteiger partial charge >= 0.3 is 12.1 Å². The summed E-state index contributed by atoms with van der Waals surface area (Å²) in [5.74, 6) is 0.977. The molecule has 2 amide bonds. The molecule has 43 heavy (non-hydrogen) atoms. The summed E-state index contributed by atoms with van der Waals surface area (Å²) in [4.78, 5) is 44.9. The van der Waals surface area contributed by atoms with E-state index in [4.69, 9.17) is 9.97 Å². The predicted octanol–water partition coefficient (Wildman–Crippen LogP) is 5.33. The van der Waals surface area contributed by atoms with Gasteiger partial charge in [-0.15, -0.1) is 0 Å². The summed E-state index contributed by atoms with van der Waals surface area (Å²) in [7, 11) is 0. The highest BCUT2D eigenvalue weighted by atomic mass is 16.2. The number of anilines is 2. The summed E-state index contributed by atoms with van der Waals surface area (Å²) in [6.07, 6.45) is 17.1. The van der Waals surface area contributed by atoms with Gasteiger partial charge in [0.15, 0.2) is 0 Å². The Hall–Kier alpha value is -4.34. The van der Waals surface area contributed by atoms with E-state index in [1.165, 1.54) is 44.0 Å². The number of pyridine rings is 2. The molecule has 0 spiro atoms. The van der Waals surface area contributed by atoms with Crippen LogP contribution in [0.25, 0.3) is 0 Å². The lowest BCUT2D eigenvalue weighted by Gasteiger charge is -2.24. The Balaban J connectivity index is 1.12. The zero-order valence-corrected chi connectivity index (χ0v) is 24.9. The molecule has 10 nitrogen and oxygen atoms in total. The molecule has 8 rings (SSSR count). The minimum Gasteiger partial charge on any atom is -0.307 e. The fourth-order valence-electron chi connectivity index (χ4n) is 8.25. The number of rotatable bonds is 3. The Morgan fingerprint density at radius 1 is 0.791 bits per heavy atom. The molecule has 220 valence electrons. The van der Waals surface area contributed by atoms with Crippen LogP contribution in [0.1, 0.15) is 78.1 Å². The van der Waals surface area contributed by atoms with Crippen molar-refractivity contribution in [3.8, 4) is 0 Å². The second kappa shape index (κ2) is 9.59. The highest BCUT2D eigenvalue weighted by Gasteiger charge is 2.44. The number of hydrogen-bond acceptors (Lipinski definition) is 6. The highest BCUT2D eigenvalue weighted by Crippen LogP contribution is 2.52. The number of hydrogen-bond donors (Lipinski definition) is 2. The minimum absolute atomic E-state index is 0.115. The van der Waals surface area contributed by atoms with E-state index in [1.54, 1.807) is 24.8 Å². The van der Waals surface area contributed by atoms with Gasteiger partial charge in [-0.05, 0) is 91.2 Å². The number of imidazole rings is 2. The molecule has 0 bridgehead atoms. The maximum absolute atomic E-state index is 13.2. The Morgan fingerprint density at radius 2 is 1.49 bits per heavy atom. The van der Waals surface area contributed by atoms with Crippen LogP contribution in [0, 0.1) is 17.3 Å². The summed E-state index contributed by atoms with van der Waals surface area (Å²) in [5, 5.41) is 6.54. The maximum atomic E-state index is 13.2. The number of aryl methyl sites for hydroxylation is 1. The second-order valence-electron chi connectivity index (χ2n) is 13.6. The molecule has 4 aliphatic rings. The van der Waals surface area contributed by atoms with Crippen LogP contribution in [0.3, 0.4) is 0 Å². The first-order valence-electron chi connectivity index (χ1n) is 15.4. The zero-order valence-electron chi connectivity index (χ0n) is 24.9. The van der Waals surface area contributed by atoms with Gasteiger partial charge in [0.1, 0.15) is 12.7 Å². The van der Waals surface area contributed by atoms with E-state index < -0.39 is 0 Å². The van der Waals surface area contributed by atoms with Gasteiger partial charge in [-0.25, -0.2) is 19.6 Å². The Kier molecular flexibility index (Phi) is 5.86. The molecule has 0 aliphatic heterocycles. The van der Waals surface area contributed by atoms with E-state index in [0.29, 0.717) is 11.8 Å². The largest absolute Gasteiger partial charge is 0.331 e. The first-order valence-corrected chi connectivity index (χ1v) is 15.4. The Bertz CT molecular complexity index is 1770. The summed E-state index contributed by atoms with van der Waals surface area (Å²) >= 11 is 0. The number of fused-ring (bicyclic) bond motifs is 4. The molecule has 4 aliphatic carbocycles. The number of aromatic nitrogens is 6. The molecule has 4 heterocycles. The van der Waals surface area contributed by atoms with Crippen LogP contribution in [0.2, 0.25) is 0 Å². The average Bonchev–Trinajstić information content (AvgIpc) is 3.80. The van der Waals surface area contributed by atoms with Gasteiger partial charge in [0, 0.05) is 53.1 Å². The van der Waals surface area contributed by atoms with Gasteiger partial charge in [-0.2, -0.15) is 0 Å². The van der Waals surface area contributed by atoms with Crippen LogP contribution in [-0.4, -0.2) is 41.1 Å². The molecule has 3 atom stereocenters. The summed E-state index contributed by atoms with van der Waals surface area (Å²) in [5.41, 5.74) is 11.3. The van der Waals surface area contributed by atoms with Crippen LogP contribution in [0.15, 0.2) is 37.4 Å². The van der Waals surface area contributed by atoms with Crippen LogP contribution >= 0.6 is 0 Å². The van der Waals surface area contributed by atoms with E-state index in [9.17, 15) is 9.59 Å². The highest BCUT2D eigenvalue weighted by molar-refractivity contribution is 5.94. The summed E-state index contributed by atoms with van der Waals surface area (Å²) in [6, 6.07) is -0.385. The number of nitrogens with zero attached hydrogens (tertiary/aromatic N) is 6. The van der Waals surface area contributed by atoms with Gasteiger partial charge < -0.3 is 10.6 Å². The fraction of sp³-hybridized carbons (Fsp3) is 0.455. The number of nitrogens with one attached hydrogen (secondary N) is 2. The van der Waals surface area contributed by atoms with Crippen molar-refractivity contribution >= 4 is 23.4 Å². The molecular weight excluding hydrogens is 540 g/mol. The van der Waals surface area contributed by atoms with E-state index in [2.05, 4.69) is 41.4 Å². The van der Waals surface area contributed by atoms with Crippen molar-refractivity contribution in [2.45, 2.75) is 78.1 Å². The third kappa shape index (κ3) is 4.29. The van der Waals surface area contributed by atoms with Crippen LogP contribution in [-0.2, 0) is 44.9 Å². The first-order chi connectivity index (χ1) is 20.8. The van der Waals surface area contributed by atoms with Crippen LogP contribution < -0.4 is 10.6 Å². The lowest BCUT2D eigenvalue weighted by atomic mass is 9.81. The lowest BCUT2D eigenvalue weighted by molar-refractivity contribution is 0.252. The van der Waals surface area contributed by atoms with Crippen LogP contribution in [0.5, 0.6) is 0 Å². The monoisotopic (exact) mass is 576 g/mol. The molecular formula is C33H36N8O2. The Labute approximate surface area is 250 Å². The zero-order chi connectivity index (χ0) is 29.5. The van der Waals surface area contributed by atoms with Gasteiger partial charge in [0.05, 0.1) is 11.4 Å². The standard InChI is InChI=1S/C33H36N8O2/c1-18-21(13-26-28(18)30(20-5-4-6-24(20)36-26)39-32(43)41-10-8-35-17-41)19-11-22-25(12-19)37-27-15-33(2,3)14-23(27)29(22)38-31(42)40-9-7-34-16-40/h7-10,16-19,21H,4-6,11-15H2,1-3H3,(H,36,39,43)(H,37,38,42).